The Morgan fingerprint density at radius 2 is 1.84 bits per heavy atom. The Kier molecular flexibility index (Phi) is 9.30. The third-order valence-corrected chi connectivity index (χ3v) is 4.68. The largest absolute Gasteiger partial charge is 0.467 e. The molecule has 2 aromatic rings. The SMILES string of the molecule is COC(=O)[C@H](CNC(C)=O)NC(=O)c1c(Cl)cc(CNC(=O)/C=C/c2ccco2)cc1Cl. The molecule has 32 heavy (non-hydrogen) atoms. The topological polar surface area (TPSA) is 127 Å². The van der Waals surface area contributed by atoms with Crippen LogP contribution in [-0.2, 0) is 25.7 Å². The van der Waals surface area contributed by atoms with Gasteiger partial charge in [-0.3, -0.25) is 14.4 Å². The molecule has 3 N–H and O–H groups in total. The van der Waals surface area contributed by atoms with E-state index in [1.807, 2.05) is 0 Å². The number of halogens is 2. The van der Waals surface area contributed by atoms with Crippen molar-refractivity contribution < 1.29 is 28.3 Å². The van der Waals surface area contributed by atoms with Crippen LogP contribution in [0.25, 0.3) is 6.08 Å². The molecule has 1 aromatic heterocycles. The van der Waals surface area contributed by atoms with Crippen LogP contribution in [-0.4, -0.2) is 43.4 Å². The van der Waals surface area contributed by atoms with Crippen LogP contribution in [0.4, 0.5) is 0 Å². The summed E-state index contributed by atoms with van der Waals surface area (Å²) in [5.74, 6) is -1.69. The smallest absolute Gasteiger partial charge is 0.330 e. The van der Waals surface area contributed by atoms with Crippen molar-refractivity contribution in [1.82, 2.24) is 16.0 Å². The Bertz CT molecular complexity index is 998. The fourth-order valence-corrected chi connectivity index (χ4v) is 3.25. The van der Waals surface area contributed by atoms with Crippen molar-refractivity contribution in [3.8, 4) is 0 Å². The number of rotatable bonds is 9. The summed E-state index contributed by atoms with van der Waals surface area (Å²) in [7, 11) is 1.15. The molecule has 0 saturated carbocycles. The minimum absolute atomic E-state index is 0.0218. The highest BCUT2D eigenvalue weighted by Crippen LogP contribution is 2.27. The van der Waals surface area contributed by atoms with Gasteiger partial charge in [0.15, 0.2) is 0 Å². The van der Waals surface area contributed by atoms with E-state index in [0.29, 0.717) is 11.3 Å². The minimum Gasteiger partial charge on any atom is -0.467 e. The van der Waals surface area contributed by atoms with Crippen molar-refractivity contribution >= 4 is 53.0 Å². The molecule has 0 spiro atoms. The zero-order chi connectivity index (χ0) is 23.7. The van der Waals surface area contributed by atoms with Crippen molar-refractivity contribution in [3.05, 3.63) is 63.5 Å². The first-order chi connectivity index (χ1) is 15.2. The summed E-state index contributed by atoms with van der Waals surface area (Å²) in [5.41, 5.74) is 0.497. The van der Waals surface area contributed by atoms with Gasteiger partial charge in [0.1, 0.15) is 11.8 Å². The van der Waals surface area contributed by atoms with Gasteiger partial charge in [-0.15, -0.1) is 0 Å². The number of nitrogens with one attached hydrogen (secondary N) is 3. The number of hydrogen-bond acceptors (Lipinski definition) is 6. The second kappa shape index (κ2) is 11.9. The quantitative estimate of drug-likeness (QED) is 0.372. The zero-order valence-corrected chi connectivity index (χ0v) is 18.8. The molecule has 0 aliphatic carbocycles. The molecular weight excluding hydrogens is 461 g/mol. The molecule has 9 nitrogen and oxygen atoms in total. The van der Waals surface area contributed by atoms with Gasteiger partial charge in [-0.05, 0) is 35.9 Å². The van der Waals surface area contributed by atoms with E-state index < -0.39 is 17.9 Å². The van der Waals surface area contributed by atoms with E-state index in [4.69, 9.17) is 27.6 Å². The van der Waals surface area contributed by atoms with E-state index in [-0.39, 0.29) is 40.5 Å². The average molecular weight is 482 g/mol. The van der Waals surface area contributed by atoms with E-state index in [0.717, 1.165) is 7.11 Å². The molecule has 0 fully saturated rings. The van der Waals surface area contributed by atoms with Crippen molar-refractivity contribution in [2.24, 2.45) is 0 Å². The van der Waals surface area contributed by atoms with Gasteiger partial charge >= 0.3 is 5.97 Å². The Hall–Kier alpha value is -3.30. The van der Waals surface area contributed by atoms with Crippen molar-refractivity contribution in [2.75, 3.05) is 13.7 Å². The highest BCUT2D eigenvalue weighted by molar-refractivity contribution is 6.39. The van der Waals surface area contributed by atoms with E-state index in [1.165, 1.54) is 37.5 Å². The highest BCUT2D eigenvalue weighted by atomic mass is 35.5. The summed E-state index contributed by atoms with van der Waals surface area (Å²) in [4.78, 5) is 47.6. The lowest BCUT2D eigenvalue weighted by molar-refractivity contribution is -0.142. The van der Waals surface area contributed by atoms with Gasteiger partial charge in [0.2, 0.25) is 11.8 Å². The van der Waals surface area contributed by atoms with E-state index in [1.54, 1.807) is 12.1 Å². The number of carbonyl (C=O) groups excluding carboxylic acids is 4. The molecular formula is C21H21Cl2N3O6. The van der Waals surface area contributed by atoms with Gasteiger partial charge in [-0.1, -0.05) is 23.2 Å². The van der Waals surface area contributed by atoms with Gasteiger partial charge in [-0.2, -0.15) is 0 Å². The van der Waals surface area contributed by atoms with Crippen molar-refractivity contribution in [3.63, 3.8) is 0 Å². The third kappa shape index (κ3) is 7.44. The molecule has 0 saturated heterocycles. The fourth-order valence-electron chi connectivity index (χ4n) is 2.55. The lowest BCUT2D eigenvalue weighted by Gasteiger charge is -2.18. The third-order valence-electron chi connectivity index (χ3n) is 4.08. The summed E-state index contributed by atoms with van der Waals surface area (Å²) in [5, 5.41) is 7.57. The molecule has 0 aliphatic rings. The van der Waals surface area contributed by atoms with Crippen molar-refractivity contribution in [2.45, 2.75) is 19.5 Å². The molecule has 1 aromatic carbocycles. The van der Waals surface area contributed by atoms with Crippen LogP contribution in [0, 0.1) is 0 Å². The summed E-state index contributed by atoms with van der Waals surface area (Å²) in [6.45, 7) is 1.21. The Morgan fingerprint density at radius 3 is 2.41 bits per heavy atom. The Morgan fingerprint density at radius 1 is 1.16 bits per heavy atom. The molecule has 11 heteroatoms. The maximum absolute atomic E-state index is 12.6. The van der Waals surface area contributed by atoms with Gasteiger partial charge in [0.05, 0.1) is 29.0 Å². The molecule has 0 bridgehead atoms. The minimum atomic E-state index is -1.14. The van der Waals surface area contributed by atoms with Crippen LogP contribution in [0.2, 0.25) is 10.0 Å². The predicted octanol–water partition coefficient (Wildman–Crippen LogP) is 2.32. The summed E-state index contributed by atoms with van der Waals surface area (Å²) in [6, 6.07) is 5.21. The molecule has 0 unspecified atom stereocenters. The number of carbonyl (C=O) groups is 4. The predicted molar refractivity (Wildman–Crippen MR) is 118 cm³/mol. The van der Waals surface area contributed by atoms with Crippen LogP contribution in [0.5, 0.6) is 0 Å². The van der Waals surface area contributed by atoms with Gasteiger partial charge in [-0.25, -0.2) is 4.79 Å². The second-order valence-corrected chi connectivity index (χ2v) is 7.30. The number of esters is 1. The van der Waals surface area contributed by atoms with Gasteiger partial charge in [0, 0.05) is 26.1 Å². The van der Waals surface area contributed by atoms with Crippen LogP contribution < -0.4 is 16.0 Å². The van der Waals surface area contributed by atoms with Gasteiger partial charge in [0.25, 0.3) is 5.91 Å². The monoisotopic (exact) mass is 481 g/mol. The molecule has 170 valence electrons. The van der Waals surface area contributed by atoms with Crippen molar-refractivity contribution in [1.29, 1.82) is 0 Å². The number of methoxy groups -OCH3 is 1. The lowest BCUT2D eigenvalue weighted by Crippen LogP contribution is -2.48. The maximum atomic E-state index is 12.6. The summed E-state index contributed by atoms with van der Waals surface area (Å²) < 4.78 is 9.74. The molecule has 0 aliphatic heterocycles. The lowest BCUT2D eigenvalue weighted by atomic mass is 10.1. The molecule has 2 rings (SSSR count). The number of benzene rings is 1. The number of furan rings is 1. The molecule has 1 heterocycles. The standard InChI is InChI=1S/C21H21Cl2N3O6/c1-12(27)24-11-17(21(30)31-2)26-20(29)19-15(22)8-13(9-16(19)23)10-25-18(28)6-5-14-4-3-7-32-14/h3-9,17H,10-11H2,1-2H3,(H,24,27)(H,25,28)(H,26,29)/b6-5+/t17-/m0/s1. The number of ether oxygens (including phenoxy) is 1. The summed E-state index contributed by atoms with van der Waals surface area (Å²) in [6.07, 6.45) is 4.32. The average Bonchev–Trinajstić information content (AvgIpc) is 3.26. The van der Waals surface area contributed by atoms with Crippen LogP contribution in [0.3, 0.4) is 0 Å². The second-order valence-electron chi connectivity index (χ2n) is 6.49. The van der Waals surface area contributed by atoms with Crippen LogP contribution in [0.1, 0.15) is 28.6 Å². The van der Waals surface area contributed by atoms with Crippen LogP contribution in [0.15, 0.2) is 41.0 Å². The molecule has 3 amide bonds. The first kappa shape index (κ1) is 25.0. The van der Waals surface area contributed by atoms with E-state index >= 15 is 0 Å². The van der Waals surface area contributed by atoms with Crippen LogP contribution >= 0.6 is 23.2 Å². The number of hydrogen-bond donors (Lipinski definition) is 3. The highest BCUT2D eigenvalue weighted by Gasteiger charge is 2.25. The molecule has 0 radical (unpaired) electrons. The molecule has 1 atom stereocenters. The van der Waals surface area contributed by atoms with E-state index in [2.05, 4.69) is 20.7 Å². The van der Waals surface area contributed by atoms with Gasteiger partial charge < -0.3 is 25.1 Å². The Balaban J connectivity index is 2.05. The van der Waals surface area contributed by atoms with E-state index in [9.17, 15) is 19.2 Å². The number of amides is 3. The zero-order valence-electron chi connectivity index (χ0n) is 17.2. The Labute approximate surface area is 194 Å². The normalized spacial score (nSPS) is 11.6. The fraction of sp³-hybridized carbons (Fsp3) is 0.238. The maximum Gasteiger partial charge on any atom is 0.330 e. The first-order valence-corrected chi connectivity index (χ1v) is 10.1. The first-order valence-electron chi connectivity index (χ1n) is 9.31. The summed E-state index contributed by atoms with van der Waals surface area (Å²) >= 11 is 12.5.